The first-order chi connectivity index (χ1) is 14.8. The second kappa shape index (κ2) is 10.4. The Kier molecular flexibility index (Phi) is 7.86. The van der Waals surface area contributed by atoms with Gasteiger partial charge in [-0.3, -0.25) is 9.69 Å². The first kappa shape index (κ1) is 23.4. The maximum Gasteiger partial charge on any atom is 0.251 e. The predicted octanol–water partition coefficient (Wildman–Crippen LogP) is 3.46. The van der Waals surface area contributed by atoms with Gasteiger partial charge in [-0.1, -0.05) is 44.2 Å². The van der Waals surface area contributed by atoms with Crippen molar-refractivity contribution < 1.29 is 13.2 Å². The van der Waals surface area contributed by atoms with Crippen molar-refractivity contribution in [2.45, 2.75) is 51.6 Å². The summed E-state index contributed by atoms with van der Waals surface area (Å²) in [5, 5.41) is 2.91. The fourth-order valence-corrected chi connectivity index (χ4v) is 5.08. The van der Waals surface area contributed by atoms with E-state index in [9.17, 15) is 13.2 Å². The van der Waals surface area contributed by atoms with Crippen LogP contribution in [0.2, 0.25) is 0 Å². The Bertz CT molecular complexity index is 1000. The van der Waals surface area contributed by atoms with Crippen LogP contribution in [-0.4, -0.2) is 38.9 Å². The third-order valence-electron chi connectivity index (χ3n) is 5.72. The summed E-state index contributed by atoms with van der Waals surface area (Å²) < 4.78 is 26.9. The lowest BCUT2D eigenvalue weighted by molar-refractivity contribution is 0.0950. The molecule has 0 radical (unpaired) electrons. The first-order valence-corrected chi connectivity index (χ1v) is 12.5. The lowest BCUT2D eigenvalue weighted by Crippen LogP contribution is -2.33. The maximum atomic E-state index is 12.7. The third kappa shape index (κ3) is 6.38. The molecule has 1 aliphatic rings. The van der Waals surface area contributed by atoms with Crippen molar-refractivity contribution in [3.63, 3.8) is 0 Å². The Labute approximate surface area is 186 Å². The Hall–Kier alpha value is -2.22. The van der Waals surface area contributed by atoms with Gasteiger partial charge in [0, 0.05) is 31.7 Å². The zero-order valence-corrected chi connectivity index (χ0v) is 19.5. The molecule has 1 aliphatic heterocycles. The van der Waals surface area contributed by atoms with E-state index in [4.69, 9.17) is 0 Å². The van der Waals surface area contributed by atoms with Gasteiger partial charge in [0.15, 0.2) is 0 Å². The quantitative estimate of drug-likeness (QED) is 0.655. The Morgan fingerprint density at radius 1 is 1.13 bits per heavy atom. The van der Waals surface area contributed by atoms with E-state index in [1.54, 1.807) is 19.9 Å². The average Bonchev–Trinajstić information content (AvgIpc) is 2.73. The second-order valence-corrected chi connectivity index (χ2v) is 10.2. The molecule has 2 aromatic carbocycles. The van der Waals surface area contributed by atoms with Gasteiger partial charge in [-0.15, -0.1) is 0 Å². The van der Waals surface area contributed by atoms with Crippen molar-refractivity contribution in [1.82, 2.24) is 14.9 Å². The van der Waals surface area contributed by atoms with Crippen LogP contribution in [0.25, 0.3) is 0 Å². The summed E-state index contributed by atoms with van der Waals surface area (Å²) in [6.07, 6.45) is 2.58. The van der Waals surface area contributed by atoms with E-state index in [2.05, 4.69) is 34.0 Å². The smallest absolute Gasteiger partial charge is 0.251 e. The number of hydrogen-bond acceptors (Lipinski definition) is 4. The molecule has 1 fully saturated rings. The molecule has 7 heteroatoms. The van der Waals surface area contributed by atoms with Crippen LogP contribution in [0.15, 0.2) is 47.4 Å². The van der Waals surface area contributed by atoms with Crippen LogP contribution in [0, 0.1) is 12.8 Å². The summed E-state index contributed by atoms with van der Waals surface area (Å²) in [6, 6.07) is 12.9. The van der Waals surface area contributed by atoms with Crippen LogP contribution < -0.4 is 10.0 Å². The zero-order chi connectivity index (χ0) is 22.4. The number of aryl methyl sites for hydroxylation is 1. The molecule has 0 bridgehead atoms. The van der Waals surface area contributed by atoms with Crippen LogP contribution >= 0.6 is 0 Å². The van der Waals surface area contributed by atoms with Gasteiger partial charge in [0.05, 0.1) is 4.90 Å². The lowest BCUT2D eigenvalue weighted by Gasteiger charge is -2.30. The van der Waals surface area contributed by atoms with Crippen molar-refractivity contribution in [2.75, 3.05) is 19.6 Å². The van der Waals surface area contributed by atoms with E-state index in [0.29, 0.717) is 18.7 Å². The number of likely N-dealkylation sites (tertiary alicyclic amines) is 1. The summed E-state index contributed by atoms with van der Waals surface area (Å²) >= 11 is 0. The fraction of sp³-hybridized carbons (Fsp3) is 0.458. The predicted molar refractivity (Wildman–Crippen MR) is 123 cm³/mol. The maximum absolute atomic E-state index is 12.7. The normalized spacial score (nSPS) is 17.5. The minimum absolute atomic E-state index is 0.0986. The fourth-order valence-electron chi connectivity index (χ4n) is 4.01. The summed E-state index contributed by atoms with van der Waals surface area (Å²) in [4.78, 5) is 15.3. The molecule has 0 saturated carbocycles. The Balaban J connectivity index is 1.60. The molecular weight excluding hydrogens is 410 g/mol. The van der Waals surface area contributed by atoms with Crippen LogP contribution in [0.1, 0.15) is 53.7 Å². The van der Waals surface area contributed by atoms with Gasteiger partial charge in [0.1, 0.15) is 0 Å². The molecule has 1 atom stereocenters. The largest absolute Gasteiger partial charge is 0.348 e. The van der Waals surface area contributed by atoms with E-state index in [1.165, 1.54) is 30.5 Å². The molecule has 2 aromatic rings. The number of nitrogens with one attached hydrogen (secondary N) is 2. The van der Waals surface area contributed by atoms with Gasteiger partial charge in [-0.05, 0) is 61.1 Å². The highest BCUT2D eigenvalue weighted by Crippen LogP contribution is 2.19. The van der Waals surface area contributed by atoms with Gasteiger partial charge in [-0.2, -0.15) is 0 Å². The second-order valence-electron chi connectivity index (χ2n) is 8.46. The molecule has 2 N–H and O–H groups in total. The number of sulfonamides is 1. The summed E-state index contributed by atoms with van der Waals surface area (Å²) in [5.74, 6) is 0.482. The minimum atomic E-state index is -3.60. The number of nitrogens with zero attached hydrogens (tertiary/aromatic N) is 1. The van der Waals surface area contributed by atoms with Crippen LogP contribution in [-0.2, 0) is 23.1 Å². The van der Waals surface area contributed by atoms with Crippen LogP contribution in [0.3, 0.4) is 0 Å². The number of amides is 1. The van der Waals surface area contributed by atoms with E-state index >= 15 is 0 Å². The molecule has 1 heterocycles. The van der Waals surface area contributed by atoms with Gasteiger partial charge in [0.2, 0.25) is 10.0 Å². The minimum Gasteiger partial charge on any atom is -0.348 e. The topological polar surface area (TPSA) is 78.5 Å². The molecule has 0 aliphatic carbocycles. The Morgan fingerprint density at radius 2 is 1.84 bits per heavy atom. The number of rotatable bonds is 8. The molecule has 168 valence electrons. The number of carbonyl (C=O) groups is 1. The van der Waals surface area contributed by atoms with Gasteiger partial charge in [0.25, 0.3) is 5.91 Å². The molecule has 6 nitrogen and oxygen atoms in total. The van der Waals surface area contributed by atoms with Crippen molar-refractivity contribution >= 4 is 15.9 Å². The first-order valence-electron chi connectivity index (χ1n) is 11.0. The summed E-state index contributed by atoms with van der Waals surface area (Å²) in [6.45, 7) is 9.79. The highest BCUT2D eigenvalue weighted by molar-refractivity contribution is 7.89. The molecule has 1 saturated heterocycles. The van der Waals surface area contributed by atoms with Crippen LogP contribution in [0.4, 0.5) is 0 Å². The van der Waals surface area contributed by atoms with Crippen molar-refractivity contribution in [3.05, 3.63) is 64.7 Å². The molecule has 0 aromatic heterocycles. The van der Waals surface area contributed by atoms with Gasteiger partial charge >= 0.3 is 0 Å². The zero-order valence-electron chi connectivity index (χ0n) is 18.6. The van der Waals surface area contributed by atoms with E-state index < -0.39 is 10.0 Å². The number of carbonyl (C=O) groups excluding carboxylic acids is 1. The Morgan fingerprint density at radius 3 is 2.52 bits per heavy atom. The van der Waals surface area contributed by atoms with Crippen molar-refractivity contribution in [1.29, 1.82) is 0 Å². The molecule has 0 spiro atoms. The number of hydrogen-bond donors (Lipinski definition) is 2. The SMILES string of the molecule is CCNS(=O)(=O)c1ccc(C)c(C(=O)NCc2ccc(CN3CCCC(C)C3)cc2)c1. The highest BCUT2D eigenvalue weighted by Gasteiger charge is 2.18. The molecule has 1 unspecified atom stereocenters. The van der Waals surface area contributed by atoms with E-state index in [-0.39, 0.29) is 10.8 Å². The van der Waals surface area contributed by atoms with Crippen molar-refractivity contribution in [2.24, 2.45) is 5.92 Å². The third-order valence-corrected chi connectivity index (χ3v) is 7.26. The molecule has 31 heavy (non-hydrogen) atoms. The monoisotopic (exact) mass is 443 g/mol. The van der Waals surface area contributed by atoms with Gasteiger partial charge in [-0.25, -0.2) is 13.1 Å². The average molecular weight is 444 g/mol. The lowest BCUT2D eigenvalue weighted by atomic mass is 9.99. The molecule has 1 amide bonds. The molecule has 3 rings (SSSR count). The summed E-state index contributed by atoms with van der Waals surface area (Å²) in [5.41, 5.74) is 3.40. The van der Waals surface area contributed by atoms with Crippen LogP contribution in [0.5, 0.6) is 0 Å². The van der Waals surface area contributed by atoms with Crippen molar-refractivity contribution in [3.8, 4) is 0 Å². The van der Waals surface area contributed by atoms with Gasteiger partial charge < -0.3 is 5.32 Å². The molecular formula is C24H33N3O3S. The van der Waals surface area contributed by atoms with E-state index in [0.717, 1.165) is 36.7 Å². The summed E-state index contributed by atoms with van der Waals surface area (Å²) in [7, 11) is -3.60. The van der Waals surface area contributed by atoms with E-state index in [1.807, 2.05) is 12.1 Å². The standard InChI is InChI=1S/C24H33N3O3S/c1-4-26-31(29,30)22-12-7-19(3)23(14-22)24(28)25-15-20-8-10-21(11-9-20)17-27-13-5-6-18(2)16-27/h7-12,14,18,26H,4-6,13,15-17H2,1-3H3,(H,25,28). The highest BCUT2D eigenvalue weighted by atomic mass is 32.2. The number of benzene rings is 2. The number of piperidine rings is 1.